The van der Waals surface area contributed by atoms with Crippen LogP contribution in [-0.2, 0) is 0 Å². The average molecular weight is 232 g/mol. The van der Waals surface area contributed by atoms with Crippen molar-refractivity contribution in [3.8, 4) is 0 Å². The third kappa shape index (κ3) is 2.02. The molecular formula is C13H16N2O2. The molecule has 0 radical (unpaired) electrons. The van der Waals surface area contributed by atoms with Crippen LogP contribution in [0.4, 0.5) is 0 Å². The van der Waals surface area contributed by atoms with Gasteiger partial charge in [0.2, 0.25) is 0 Å². The molecule has 2 aromatic rings. The van der Waals surface area contributed by atoms with E-state index in [9.17, 15) is 9.59 Å². The smallest absolute Gasteiger partial charge is 0.291 e. The Balaban J connectivity index is 2.78. The molecule has 90 valence electrons. The Morgan fingerprint density at radius 3 is 2.71 bits per heavy atom. The van der Waals surface area contributed by atoms with Crippen molar-refractivity contribution in [3.05, 3.63) is 45.1 Å². The van der Waals surface area contributed by atoms with Gasteiger partial charge >= 0.3 is 5.69 Å². The fourth-order valence-electron chi connectivity index (χ4n) is 2.19. The SMILES string of the molecule is CCCC(C)n1c(=O)[nH]c(=O)c2ccccc21. The van der Waals surface area contributed by atoms with Crippen LogP contribution in [0.3, 0.4) is 0 Å². The Hall–Kier alpha value is -1.84. The van der Waals surface area contributed by atoms with E-state index in [1.165, 1.54) is 0 Å². The molecule has 0 amide bonds. The Bertz CT molecular complexity index is 640. The zero-order chi connectivity index (χ0) is 12.4. The van der Waals surface area contributed by atoms with Crippen LogP contribution < -0.4 is 11.2 Å². The summed E-state index contributed by atoms with van der Waals surface area (Å²) in [6, 6.07) is 7.29. The summed E-state index contributed by atoms with van der Waals surface area (Å²) in [6.07, 6.45) is 1.91. The fraction of sp³-hybridized carbons (Fsp3) is 0.385. The first-order valence-electron chi connectivity index (χ1n) is 5.88. The van der Waals surface area contributed by atoms with E-state index < -0.39 is 0 Å². The van der Waals surface area contributed by atoms with Gasteiger partial charge in [0, 0.05) is 6.04 Å². The van der Waals surface area contributed by atoms with E-state index in [0.717, 1.165) is 12.8 Å². The first kappa shape index (κ1) is 11.6. The summed E-state index contributed by atoms with van der Waals surface area (Å²) in [5, 5.41) is 0.565. The second-order valence-electron chi connectivity index (χ2n) is 4.28. The van der Waals surface area contributed by atoms with Gasteiger partial charge in [-0.1, -0.05) is 25.5 Å². The molecule has 2 rings (SSSR count). The molecule has 1 unspecified atom stereocenters. The Morgan fingerprint density at radius 1 is 1.29 bits per heavy atom. The highest BCUT2D eigenvalue weighted by atomic mass is 16.2. The second kappa shape index (κ2) is 4.57. The van der Waals surface area contributed by atoms with Gasteiger partial charge in [0.15, 0.2) is 0 Å². The number of aromatic amines is 1. The van der Waals surface area contributed by atoms with Crippen LogP contribution in [0.15, 0.2) is 33.9 Å². The first-order chi connectivity index (χ1) is 8.15. The fourth-order valence-corrected chi connectivity index (χ4v) is 2.19. The van der Waals surface area contributed by atoms with Gasteiger partial charge in [-0.3, -0.25) is 14.3 Å². The Kier molecular flexibility index (Phi) is 3.13. The van der Waals surface area contributed by atoms with E-state index >= 15 is 0 Å². The van der Waals surface area contributed by atoms with E-state index in [-0.39, 0.29) is 17.3 Å². The van der Waals surface area contributed by atoms with E-state index in [4.69, 9.17) is 0 Å². The minimum atomic E-state index is -0.324. The Labute approximate surface area is 98.9 Å². The van der Waals surface area contributed by atoms with Crippen LogP contribution in [-0.4, -0.2) is 9.55 Å². The maximum Gasteiger partial charge on any atom is 0.329 e. The number of hydrogen-bond donors (Lipinski definition) is 1. The molecule has 0 aliphatic carbocycles. The summed E-state index contributed by atoms with van der Waals surface area (Å²) in [5.41, 5.74) is 0.0717. The summed E-state index contributed by atoms with van der Waals surface area (Å²) in [7, 11) is 0. The lowest BCUT2D eigenvalue weighted by atomic mass is 10.1. The molecule has 1 aromatic heterocycles. The second-order valence-corrected chi connectivity index (χ2v) is 4.28. The predicted octanol–water partition coefficient (Wildman–Crippen LogP) is 2.05. The highest BCUT2D eigenvalue weighted by Gasteiger charge is 2.11. The number of H-pyrrole nitrogens is 1. The predicted molar refractivity (Wildman–Crippen MR) is 68.4 cm³/mol. The molecular weight excluding hydrogens is 216 g/mol. The van der Waals surface area contributed by atoms with Crippen molar-refractivity contribution in [2.45, 2.75) is 32.7 Å². The third-order valence-electron chi connectivity index (χ3n) is 2.99. The molecule has 4 nitrogen and oxygen atoms in total. The summed E-state index contributed by atoms with van der Waals surface area (Å²) >= 11 is 0. The monoisotopic (exact) mass is 232 g/mol. The lowest BCUT2D eigenvalue weighted by Gasteiger charge is -2.16. The maximum atomic E-state index is 11.9. The molecule has 0 saturated heterocycles. The van der Waals surface area contributed by atoms with Crippen LogP contribution in [0.2, 0.25) is 0 Å². The summed E-state index contributed by atoms with van der Waals surface area (Å²) in [4.78, 5) is 25.9. The van der Waals surface area contributed by atoms with Crippen molar-refractivity contribution in [3.63, 3.8) is 0 Å². The van der Waals surface area contributed by atoms with E-state index in [2.05, 4.69) is 11.9 Å². The lowest BCUT2D eigenvalue weighted by molar-refractivity contribution is 0.492. The number of hydrogen-bond acceptors (Lipinski definition) is 2. The van der Waals surface area contributed by atoms with Crippen LogP contribution in [0.5, 0.6) is 0 Å². The third-order valence-corrected chi connectivity index (χ3v) is 2.99. The standard InChI is InChI=1S/C13H16N2O2/c1-3-6-9(2)15-11-8-5-4-7-10(11)12(16)14-13(15)17/h4-5,7-9H,3,6H2,1-2H3,(H,14,16,17). The van der Waals surface area contributed by atoms with E-state index in [0.29, 0.717) is 10.9 Å². The number of para-hydroxylation sites is 1. The quantitative estimate of drug-likeness (QED) is 0.880. The normalized spacial score (nSPS) is 12.8. The van der Waals surface area contributed by atoms with Crippen molar-refractivity contribution < 1.29 is 0 Å². The zero-order valence-corrected chi connectivity index (χ0v) is 10.1. The van der Waals surface area contributed by atoms with Crippen molar-refractivity contribution in [2.24, 2.45) is 0 Å². The van der Waals surface area contributed by atoms with Gasteiger partial charge in [0.05, 0.1) is 10.9 Å². The highest BCUT2D eigenvalue weighted by molar-refractivity contribution is 5.77. The molecule has 17 heavy (non-hydrogen) atoms. The molecule has 0 aliphatic rings. The molecule has 1 N–H and O–H groups in total. The minimum Gasteiger partial charge on any atom is -0.291 e. The van der Waals surface area contributed by atoms with Gasteiger partial charge in [-0.15, -0.1) is 0 Å². The molecule has 0 spiro atoms. The van der Waals surface area contributed by atoms with Gasteiger partial charge in [-0.25, -0.2) is 4.79 Å². The molecule has 1 aromatic carbocycles. The van der Waals surface area contributed by atoms with Crippen LogP contribution in [0.25, 0.3) is 10.9 Å². The van der Waals surface area contributed by atoms with Crippen molar-refractivity contribution in [1.82, 2.24) is 9.55 Å². The van der Waals surface area contributed by atoms with Crippen LogP contribution >= 0.6 is 0 Å². The van der Waals surface area contributed by atoms with E-state index in [1.807, 2.05) is 19.1 Å². The van der Waals surface area contributed by atoms with Crippen molar-refractivity contribution >= 4 is 10.9 Å². The van der Waals surface area contributed by atoms with Crippen molar-refractivity contribution in [2.75, 3.05) is 0 Å². The molecule has 0 aliphatic heterocycles. The molecule has 1 heterocycles. The maximum absolute atomic E-state index is 11.9. The molecule has 0 bridgehead atoms. The van der Waals surface area contributed by atoms with Gasteiger partial charge in [0.25, 0.3) is 5.56 Å². The zero-order valence-electron chi connectivity index (χ0n) is 10.1. The summed E-state index contributed by atoms with van der Waals surface area (Å²) in [5.74, 6) is 0. The summed E-state index contributed by atoms with van der Waals surface area (Å²) < 4.78 is 1.67. The number of rotatable bonds is 3. The molecule has 0 saturated carbocycles. The lowest BCUT2D eigenvalue weighted by Crippen LogP contribution is -2.32. The number of fused-ring (bicyclic) bond motifs is 1. The Morgan fingerprint density at radius 2 is 2.00 bits per heavy atom. The molecule has 0 fully saturated rings. The number of nitrogens with zero attached hydrogens (tertiary/aromatic N) is 1. The number of aromatic nitrogens is 2. The largest absolute Gasteiger partial charge is 0.329 e. The number of nitrogens with one attached hydrogen (secondary N) is 1. The van der Waals surface area contributed by atoms with E-state index in [1.54, 1.807) is 16.7 Å². The average Bonchev–Trinajstić information content (AvgIpc) is 2.29. The van der Waals surface area contributed by atoms with Crippen molar-refractivity contribution in [1.29, 1.82) is 0 Å². The first-order valence-corrected chi connectivity index (χ1v) is 5.88. The molecule has 1 atom stereocenters. The highest BCUT2D eigenvalue weighted by Crippen LogP contribution is 2.15. The number of benzene rings is 1. The van der Waals surface area contributed by atoms with Crippen LogP contribution in [0, 0.1) is 0 Å². The minimum absolute atomic E-state index is 0.0919. The van der Waals surface area contributed by atoms with Crippen LogP contribution in [0.1, 0.15) is 32.7 Å². The summed E-state index contributed by atoms with van der Waals surface area (Å²) in [6.45, 7) is 4.07. The van der Waals surface area contributed by atoms with Gasteiger partial charge < -0.3 is 0 Å². The van der Waals surface area contributed by atoms with Gasteiger partial charge in [-0.05, 0) is 25.5 Å². The molecule has 4 heteroatoms. The topological polar surface area (TPSA) is 54.9 Å². The van der Waals surface area contributed by atoms with Gasteiger partial charge in [-0.2, -0.15) is 0 Å². The van der Waals surface area contributed by atoms with Gasteiger partial charge in [0.1, 0.15) is 0 Å².